The average Bonchev–Trinajstić information content (AvgIpc) is 2.74. The number of nitrogens with one attached hydrogen (secondary N) is 1. The Labute approximate surface area is 188 Å². The second-order valence-corrected chi connectivity index (χ2v) is 7.79. The molecule has 1 N–H and O–H groups in total. The summed E-state index contributed by atoms with van der Waals surface area (Å²) in [6.45, 7) is 3.35. The fraction of sp³-hybridized carbons (Fsp3) is 0.333. The molecule has 0 spiro atoms. The van der Waals surface area contributed by atoms with Crippen LogP contribution in [0.4, 0.5) is 4.39 Å². The molecule has 1 amide bonds. The number of ether oxygens (including phenoxy) is 3. The molecule has 2 aromatic carbocycles. The van der Waals surface area contributed by atoms with Gasteiger partial charge < -0.3 is 14.2 Å². The highest BCUT2D eigenvalue weighted by molar-refractivity contribution is 14.1. The third-order valence-electron chi connectivity index (χ3n) is 4.42. The van der Waals surface area contributed by atoms with Crippen molar-refractivity contribution in [2.45, 2.75) is 6.61 Å². The van der Waals surface area contributed by atoms with Crippen LogP contribution in [0, 0.1) is 9.39 Å². The molecule has 0 atom stereocenters. The maximum Gasteiger partial charge on any atom is 0.254 e. The summed E-state index contributed by atoms with van der Waals surface area (Å²) in [5, 5.41) is 4.04. The standard InChI is InChI=1S/C21H23FIN3O4/c1-28-19-11-16(12-24-25-20(27)13-26-6-8-29-9-7-26)10-18(23)21(19)30-14-15-2-4-17(22)5-3-15/h2-5,10-12H,6-9,13-14H2,1H3,(H,25,27)/b24-12+. The highest BCUT2D eigenvalue weighted by atomic mass is 127. The van der Waals surface area contributed by atoms with Crippen molar-refractivity contribution in [1.29, 1.82) is 0 Å². The van der Waals surface area contributed by atoms with E-state index in [9.17, 15) is 9.18 Å². The minimum absolute atomic E-state index is 0.172. The Morgan fingerprint density at radius 3 is 2.73 bits per heavy atom. The van der Waals surface area contributed by atoms with Gasteiger partial charge in [-0.05, 0) is 58.0 Å². The molecule has 1 fully saturated rings. The lowest BCUT2D eigenvalue weighted by atomic mass is 10.2. The lowest BCUT2D eigenvalue weighted by molar-refractivity contribution is -0.123. The van der Waals surface area contributed by atoms with Crippen molar-refractivity contribution in [3.05, 3.63) is 56.9 Å². The fourth-order valence-electron chi connectivity index (χ4n) is 2.87. The Kier molecular flexibility index (Phi) is 8.40. The number of rotatable bonds is 8. The molecule has 0 aliphatic carbocycles. The number of amides is 1. The van der Waals surface area contributed by atoms with Gasteiger partial charge in [-0.25, -0.2) is 9.82 Å². The van der Waals surface area contributed by atoms with Crippen LogP contribution >= 0.6 is 22.6 Å². The van der Waals surface area contributed by atoms with Crippen LogP contribution in [-0.2, 0) is 16.1 Å². The summed E-state index contributed by atoms with van der Waals surface area (Å²) in [5.41, 5.74) is 4.16. The van der Waals surface area contributed by atoms with E-state index in [4.69, 9.17) is 14.2 Å². The van der Waals surface area contributed by atoms with Crippen molar-refractivity contribution < 1.29 is 23.4 Å². The van der Waals surface area contributed by atoms with Crippen molar-refractivity contribution in [2.24, 2.45) is 5.10 Å². The molecule has 7 nitrogen and oxygen atoms in total. The Balaban J connectivity index is 1.59. The Morgan fingerprint density at radius 2 is 2.03 bits per heavy atom. The quantitative estimate of drug-likeness (QED) is 0.325. The molecule has 1 saturated heterocycles. The van der Waals surface area contributed by atoms with Crippen molar-refractivity contribution in [2.75, 3.05) is 40.0 Å². The number of methoxy groups -OCH3 is 1. The molecule has 1 aliphatic heterocycles. The number of benzene rings is 2. The topological polar surface area (TPSA) is 72.4 Å². The Morgan fingerprint density at radius 1 is 1.30 bits per heavy atom. The van der Waals surface area contributed by atoms with E-state index in [0.29, 0.717) is 24.7 Å². The number of morpholine rings is 1. The van der Waals surface area contributed by atoms with Crippen LogP contribution in [0.2, 0.25) is 0 Å². The summed E-state index contributed by atoms with van der Waals surface area (Å²) in [5.74, 6) is 0.682. The maximum absolute atomic E-state index is 13.0. The SMILES string of the molecule is COc1cc(/C=N/NC(=O)CN2CCOCC2)cc(I)c1OCc1ccc(F)cc1. The van der Waals surface area contributed by atoms with E-state index in [1.54, 1.807) is 31.5 Å². The average molecular weight is 527 g/mol. The van der Waals surface area contributed by atoms with Gasteiger partial charge in [-0.3, -0.25) is 9.69 Å². The Hall–Kier alpha value is -2.24. The van der Waals surface area contributed by atoms with Gasteiger partial charge in [0, 0.05) is 13.1 Å². The van der Waals surface area contributed by atoms with E-state index in [2.05, 4.69) is 33.1 Å². The summed E-state index contributed by atoms with van der Waals surface area (Å²) in [7, 11) is 1.56. The second-order valence-electron chi connectivity index (χ2n) is 6.63. The number of carbonyl (C=O) groups is 1. The van der Waals surface area contributed by atoms with Gasteiger partial charge in [0.1, 0.15) is 12.4 Å². The molecule has 2 aromatic rings. The maximum atomic E-state index is 13.0. The van der Waals surface area contributed by atoms with Crippen molar-refractivity contribution in [3.8, 4) is 11.5 Å². The molecular formula is C21H23FIN3O4. The van der Waals surface area contributed by atoms with E-state index in [0.717, 1.165) is 27.8 Å². The van der Waals surface area contributed by atoms with E-state index in [-0.39, 0.29) is 24.9 Å². The largest absolute Gasteiger partial charge is 0.493 e. The molecule has 1 aliphatic rings. The van der Waals surface area contributed by atoms with Gasteiger partial charge in [0.15, 0.2) is 11.5 Å². The predicted molar refractivity (Wildman–Crippen MR) is 119 cm³/mol. The zero-order chi connectivity index (χ0) is 21.3. The van der Waals surface area contributed by atoms with Gasteiger partial charge in [0.25, 0.3) is 5.91 Å². The first-order chi connectivity index (χ1) is 14.5. The van der Waals surface area contributed by atoms with Gasteiger partial charge in [0.2, 0.25) is 0 Å². The minimum Gasteiger partial charge on any atom is -0.493 e. The van der Waals surface area contributed by atoms with E-state index in [1.165, 1.54) is 12.1 Å². The summed E-state index contributed by atoms with van der Waals surface area (Å²) < 4.78 is 30.5. The summed E-state index contributed by atoms with van der Waals surface area (Å²) in [4.78, 5) is 14.0. The lowest BCUT2D eigenvalue weighted by Crippen LogP contribution is -2.42. The molecule has 3 rings (SSSR count). The smallest absolute Gasteiger partial charge is 0.254 e. The van der Waals surface area contributed by atoms with Crippen LogP contribution < -0.4 is 14.9 Å². The summed E-state index contributed by atoms with van der Waals surface area (Å²) >= 11 is 2.15. The second kappa shape index (κ2) is 11.2. The molecule has 0 radical (unpaired) electrons. The lowest BCUT2D eigenvalue weighted by Gasteiger charge is -2.25. The number of hydrazone groups is 1. The fourth-order valence-corrected chi connectivity index (χ4v) is 3.65. The minimum atomic E-state index is -0.286. The first-order valence-corrected chi connectivity index (χ1v) is 10.5. The van der Waals surface area contributed by atoms with Crippen LogP contribution in [0.3, 0.4) is 0 Å². The molecule has 160 valence electrons. The molecule has 0 aromatic heterocycles. The first kappa shape index (κ1) is 22.4. The number of nitrogens with zero attached hydrogens (tertiary/aromatic N) is 2. The van der Waals surface area contributed by atoms with Crippen LogP contribution in [-0.4, -0.2) is 57.0 Å². The van der Waals surface area contributed by atoms with Crippen molar-refractivity contribution in [3.63, 3.8) is 0 Å². The normalized spacial score (nSPS) is 14.6. The van der Waals surface area contributed by atoms with Crippen LogP contribution in [0.25, 0.3) is 0 Å². The first-order valence-electron chi connectivity index (χ1n) is 9.42. The van der Waals surface area contributed by atoms with Crippen molar-refractivity contribution >= 4 is 34.7 Å². The third kappa shape index (κ3) is 6.64. The van der Waals surface area contributed by atoms with Crippen LogP contribution in [0.5, 0.6) is 11.5 Å². The highest BCUT2D eigenvalue weighted by Gasteiger charge is 2.14. The summed E-state index contributed by atoms with van der Waals surface area (Å²) in [6, 6.07) is 9.80. The van der Waals surface area contributed by atoms with Crippen molar-refractivity contribution in [1.82, 2.24) is 10.3 Å². The highest BCUT2D eigenvalue weighted by Crippen LogP contribution is 2.34. The molecule has 0 unspecified atom stereocenters. The van der Waals surface area contributed by atoms with Gasteiger partial charge in [-0.1, -0.05) is 12.1 Å². The molecule has 30 heavy (non-hydrogen) atoms. The molecular weight excluding hydrogens is 504 g/mol. The zero-order valence-corrected chi connectivity index (χ0v) is 18.7. The predicted octanol–water partition coefficient (Wildman–Crippen LogP) is 2.80. The molecule has 1 heterocycles. The molecule has 9 heteroatoms. The van der Waals surface area contributed by atoms with E-state index in [1.807, 2.05) is 11.0 Å². The zero-order valence-electron chi connectivity index (χ0n) is 16.6. The van der Waals surface area contributed by atoms with Gasteiger partial charge in [-0.15, -0.1) is 0 Å². The summed E-state index contributed by atoms with van der Waals surface area (Å²) in [6.07, 6.45) is 1.56. The number of hydrogen-bond acceptors (Lipinski definition) is 6. The van der Waals surface area contributed by atoms with Gasteiger partial charge in [-0.2, -0.15) is 5.10 Å². The van der Waals surface area contributed by atoms with E-state index >= 15 is 0 Å². The molecule has 0 bridgehead atoms. The molecule has 0 saturated carbocycles. The van der Waals surface area contributed by atoms with Crippen LogP contribution in [0.15, 0.2) is 41.5 Å². The number of carbonyl (C=O) groups excluding carboxylic acids is 1. The Bertz CT molecular complexity index is 887. The van der Waals surface area contributed by atoms with Crippen LogP contribution in [0.1, 0.15) is 11.1 Å². The number of hydrogen-bond donors (Lipinski definition) is 1. The monoisotopic (exact) mass is 527 g/mol. The van der Waals surface area contributed by atoms with Gasteiger partial charge in [0.05, 0.1) is 36.7 Å². The third-order valence-corrected chi connectivity index (χ3v) is 5.22. The van der Waals surface area contributed by atoms with E-state index < -0.39 is 0 Å². The van der Waals surface area contributed by atoms with Gasteiger partial charge >= 0.3 is 0 Å². The number of halogens is 2.